The van der Waals surface area contributed by atoms with Gasteiger partial charge in [0.25, 0.3) is 0 Å². The largest absolute Gasteiger partial charge is 0.466 e. The van der Waals surface area contributed by atoms with Crippen molar-refractivity contribution in [2.24, 2.45) is 0 Å². The van der Waals surface area contributed by atoms with Gasteiger partial charge >= 0.3 is 5.97 Å². The van der Waals surface area contributed by atoms with Crippen molar-refractivity contribution in [3.05, 3.63) is 60.8 Å². The summed E-state index contributed by atoms with van der Waals surface area (Å²) in [5.41, 5.74) is 0. The molecule has 81 heavy (non-hydrogen) atoms. The first-order valence-corrected chi connectivity index (χ1v) is 34.1. The second-order valence-electron chi connectivity index (χ2n) is 23.5. The summed E-state index contributed by atoms with van der Waals surface area (Å²) >= 11 is 0. The van der Waals surface area contributed by atoms with E-state index in [0.29, 0.717) is 19.4 Å². The van der Waals surface area contributed by atoms with Gasteiger partial charge in [0.1, 0.15) is 24.4 Å². The lowest BCUT2D eigenvalue weighted by Gasteiger charge is -2.40. The predicted molar refractivity (Wildman–Crippen MR) is 338 cm³/mol. The summed E-state index contributed by atoms with van der Waals surface area (Å²) in [7, 11) is 0. The lowest BCUT2D eigenvalue weighted by molar-refractivity contribution is -0.302. The molecule has 0 aromatic heterocycles. The van der Waals surface area contributed by atoms with Crippen molar-refractivity contribution in [2.45, 2.75) is 352 Å². The number of nitrogens with one attached hydrogen (secondary N) is 1. The third-order valence-corrected chi connectivity index (χ3v) is 15.8. The van der Waals surface area contributed by atoms with Gasteiger partial charge in [0.05, 0.1) is 32.0 Å². The summed E-state index contributed by atoms with van der Waals surface area (Å²) in [5, 5.41) is 54.2. The summed E-state index contributed by atoms with van der Waals surface area (Å²) < 4.78 is 16.7. The molecule has 0 aromatic carbocycles. The highest BCUT2D eigenvalue weighted by molar-refractivity contribution is 5.76. The highest BCUT2D eigenvalue weighted by Crippen LogP contribution is 2.23. The van der Waals surface area contributed by atoms with E-state index in [0.717, 1.165) is 83.5 Å². The Kier molecular flexibility index (Phi) is 55.7. The van der Waals surface area contributed by atoms with Crippen LogP contribution in [0.25, 0.3) is 0 Å². The van der Waals surface area contributed by atoms with Crippen LogP contribution in [0.15, 0.2) is 60.8 Å². The van der Waals surface area contributed by atoms with Gasteiger partial charge in [-0.1, -0.05) is 274 Å². The Bertz CT molecular complexity index is 1530. The van der Waals surface area contributed by atoms with E-state index in [-0.39, 0.29) is 18.5 Å². The number of hydrogen-bond donors (Lipinski definition) is 6. The number of carbonyl (C=O) groups excluding carboxylic acids is 2. The normalized spacial score (nSPS) is 18.6. The zero-order valence-electron chi connectivity index (χ0n) is 52.2. The molecule has 1 aliphatic rings. The zero-order chi connectivity index (χ0) is 58.7. The standard InChI is InChI=1S/C70H127NO10/c1-3-5-7-9-11-13-15-16-17-32-35-38-42-46-50-54-58-66(75)79-59-55-51-47-43-39-36-33-30-28-26-24-22-20-18-19-21-23-25-27-29-31-34-37-41-45-49-53-57-65(74)71-62(61-80-70-69(78)68(77)67(76)64(60-72)81-70)63(73)56-52-48-44-40-14-12-10-8-6-4-2/h6,8,14,18-19,22,24,40,52,56,62-64,67-70,72-73,76-78H,3-5,7,9-13,15-17,20-21,23,25-39,41-51,53-55,57-61H2,1-2H3,(H,71,74)/b8-6+,19-18-,24-22-,40-14+,56-52+. The van der Waals surface area contributed by atoms with E-state index < -0.39 is 49.5 Å². The summed E-state index contributed by atoms with van der Waals surface area (Å²) in [6.45, 7) is 4.21. The summed E-state index contributed by atoms with van der Waals surface area (Å²) in [5.74, 6) is -0.198. The number of amides is 1. The Hall–Kier alpha value is -2.64. The van der Waals surface area contributed by atoms with Crippen molar-refractivity contribution in [1.82, 2.24) is 5.32 Å². The van der Waals surface area contributed by atoms with E-state index in [9.17, 15) is 35.1 Å². The fourth-order valence-electron chi connectivity index (χ4n) is 10.5. The molecule has 1 rings (SSSR count). The summed E-state index contributed by atoms with van der Waals surface area (Å²) in [6, 6.07) is -0.837. The minimum absolute atomic E-state index is 0.00366. The van der Waals surface area contributed by atoms with Crippen LogP contribution in [0.1, 0.15) is 309 Å². The number of aliphatic hydroxyl groups excluding tert-OH is 5. The van der Waals surface area contributed by atoms with Crippen LogP contribution in [0.2, 0.25) is 0 Å². The van der Waals surface area contributed by atoms with Gasteiger partial charge in [-0.15, -0.1) is 0 Å². The minimum Gasteiger partial charge on any atom is -0.466 e. The fourth-order valence-corrected chi connectivity index (χ4v) is 10.5. The zero-order valence-corrected chi connectivity index (χ0v) is 52.2. The van der Waals surface area contributed by atoms with Gasteiger partial charge in [-0.05, 0) is 83.5 Å². The number of allylic oxidation sites excluding steroid dienone is 9. The second kappa shape index (κ2) is 59.1. The average molecular weight is 1140 g/mol. The van der Waals surface area contributed by atoms with E-state index >= 15 is 0 Å². The molecular formula is C70H127NO10. The van der Waals surface area contributed by atoms with Crippen LogP contribution in [0.5, 0.6) is 0 Å². The first kappa shape index (κ1) is 76.4. The van der Waals surface area contributed by atoms with Crippen LogP contribution in [0.3, 0.4) is 0 Å². The molecule has 0 aliphatic carbocycles. The van der Waals surface area contributed by atoms with Crippen LogP contribution in [0.4, 0.5) is 0 Å². The highest BCUT2D eigenvalue weighted by Gasteiger charge is 2.44. The molecule has 1 amide bonds. The fraction of sp³-hybridized carbons (Fsp3) is 0.829. The number of unbranched alkanes of at least 4 members (excludes halogenated alkanes) is 37. The maximum absolute atomic E-state index is 13.0. The van der Waals surface area contributed by atoms with Crippen molar-refractivity contribution in [1.29, 1.82) is 0 Å². The molecule has 1 heterocycles. The Balaban J connectivity index is 1.97. The van der Waals surface area contributed by atoms with E-state index in [1.165, 1.54) is 199 Å². The monoisotopic (exact) mass is 1140 g/mol. The van der Waals surface area contributed by atoms with Gasteiger partial charge in [-0.2, -0.15) is 0 Å². The molecule has 0 radical (unpaired) electrons. The lowest BCUT2D eigenvalue weighted by Crippen LogP contribution is -2.60. The maximum Gasteiger partial charge on any atom is 0.305 e. The average Bonchev–Trinajstić information content (AvgIpc) is 3.51. The Morgan fingerprint density at radius 1 is 0.469 bits per heavy atom. The van der Waals surface area contributed by atoms with E-state index in [1.54, 1.807) is 6.08 Å². The molecule has 0 saturated carbocycles. The van der Waals surface area contributed by atoms with Gasteiger partial charge in [0.15, 0.2) is 6.29 Å². The van der Waals surface area contributed by atoms with Gasteiger partial charge in [0.2, 0.25) is 5.91 Å². The number of esters is 1. The number of aliphatic hydroxyl groups is 5. The second-order valence-corrected chi connectivity index (χ2v) is 23.5. The third kappa shape index (κ3) is 48.3. The first-order valence-electron chi connectivity index (χ1n) is 34.1. The summed E-state index contributed by atoms with van der Waals surface area (Å²) in [4.78, 5) is 25.1. The van der Waals surface area contributed by atoms with E-state index in [4.69, 9.17) is 14.2 Å². The smallest absolute Gasteiger partial charge is 0.305 e. The summed E-state index contributed by atoms with van der Waals surface area (Å²) in [6.07, 6.45) is 67.9. The Morgan fingerprint density at radius 3 is 1.35 bits per heavy atom. The Morgan fingerprint density at radius 2 is 0.877 bits per heavy atom. The van der Waals surface area contributed by atoms with Gasteiger partial charge in [-0.3, -0.25) is 9.59 Å². The number of ether oxygens (including phenoxy) is 3. The van der Waals surface area contributed by atoms with Gasteiger partial charge in [0, 0.05) is 12.8 Å². The molecular weight excluding hydrogens is 1010 g/mol. The van der Waals surface area contributed by atoms with Crippen LogP contribution >= 0.6 is 0 Å². The van der Waals surface area contributed by atoms with Crippen LogP contribution in [-0.2, 0) is 23.8 Å². The quantitative estimate of drug-likeness (QED) is 0.0195. The van der Waals surface area contributed by atoms with Crippen molar-refractivity contribution in [3.63, 3.8) is 0 Å². The molecule has 11 nitrogen and oxygen atoms in total. The molecule has 1 saturated heterocycles. The number of hydrogen-bond acceptors (Lipinski definition) is 10. The lowest BCUT2D eigenvalue weighted by atomic mass is 9.99. The van der Waals surface area contributed by atoms with Gasteiger partial charge in [-0.25, -0.2) is 0 Å². The molecule has 472 valence electrons. The SMILES string of the molecule is CC/C=C/CC/C=C/CC/C=C/C(O)C(COC1OC(CO)C(O)C(O)C1O)NC(=O)CCCCCCCCCCCCC/C=C\C/C=C\CCCCCCCCCCCOC(=O)CCCCCCCCCCCCCCCCCC. The predicted octanol–water partition coefficient (Wildman–Crippen LogP) is 17.0. The Labute approximate surface area is 497 Å². The molecule has 0 aromatic rings. The molecule has 1 fully saturated rings. The van der Waals surface area contributed by atoms with Crippen molar-refractivity contribution >= 4 is 11.9 Å². The maximum atomic E-state index is 13.0. The molecule has 7 unspecified atom stereocenters. The van der Waals surface area contributed by atoms with Crippen molar-refractivity contribution in [3.8, 4) is 0 Å². The molecule has 0 spiro atoms. The topological polar surface area (TPSA) is 175 Å². The van der Waals surface area contributed by atoms with Crippen LogP contribution in [0, 0.1) is 0 Å². The van der Waals surface area contributed by atoms with E-state index in [2.05, 4.69) is 67.8 Å². The molecule has 1 aliphatic heterocycles. The highest BCUT2D eigenvalue weighted by atomic mass is 16.7. The van der Waals surface area contributed by atoms with E-state index in [1.807, 2.05) is 6.08 Å². The molecule has 0 bridgehead atoms. The molecule has 11 heteroatoms. The first-order chi connectivity index (χ1) is 39.7. The van der Waals surface area contributed by atoms with Crippen molar-refractivity contribution < 1.29 is 49.3 Å². The third-order valence-electron chi connectivity index (χ3n) is 15.8. The number of carbonyl (C=O) groups is 2. The van der Waals surface area contributed by atoms with Gasteiger partial charge < -0.3 is 45.1 Å². The molecule has 7 atom stereocenters. The minimum atomic E-state index is -1.58. The molecule has 6 N–H and O–H groups in total. The number of rotatable bonds is 59. The van der Waals surface area contributed by atoms with Crippen molar-refractivity contribution in [2.75, 3.05) is 19.8 Å². The van der Waals surface area contributed by atoms with Crippen LogP contribution in [-0.4, -0.2) is 100 Å². The van der Waals surface area contributed by atoms with Crippen LogP contribution < -0.4 is 5.32 Å².